The van der Waals surface area contributed by atoms with Crippen molar-refractivity contribution in [2.75, 3.05) is 18.9 Å². The zero-order valence-electron chi connectivity index (χ0n) is 9.98. The number of benzene rings is 1. The number of anilines is 1. The van der Waals surface area contributed by atoms with Crippen molar-refractivity contribution in [3.8, 4) is 5.75 Å². The Hall–Kier alpha value is -1.78. The van der Waals surface area contributed by atoms with Gasteiger partial charge >= 0.3 is 5.97 Å². The first-order chi connectivity index (χ1) is 8.65. The first kappa shape index (κ1) is 11.3. The molecule has 0 aromatic heterocycles. The van der Waals surface area contributed by atoms with Crippen LogP contribution in [0.1, 0.15) is 18.4 Å². The molecule has 2 N–H and O–H groups in total. The van der Waals surface area contributed by atoms with Crippen LogP contribution < -0.4 is 10.5 Å². The summed E-state index contributed by atoms with van der Waals surface area (Å²) in [5.41, 5.74) is 6.97. The number of ether oxygens (including phenoxy) is 2. The molecule has 1 aromatic carbocycles. The summed E-state index contributed by atoms with van der Waals surface area (Å²) in [6, 6.07) is 2.80. The van der Waals surface area contributed by atoms with E-state index < -0.39 is 5.82 Å². The van der Waals surface area contributed by atoms with Gasteiger partial charge in [0.05, 0.1) is 19.1 Å². The quantitative estimate of drug-likeness (QED) is 0.642. The van der Waals surface area contributed by atoms with Gasteiger partial charge in [-0.15, -0.1) is 0 Å². The molecule has 4 nitrogen and oxygen atoms in total. The van der Waals surface area contributed by atoms with Gasteiger partial charge in [0.25, 0.3) is 0 Å². The Bertz CT molecular complexity index is 517. The average molecular weight is 251 g/mol. The van der Waals surface area contributed by atoms with Crippen LogP contribution >= 0.6 is 0 Å². The molecule has 3 rings (SSSR count). The molecule has 3 atom stereocenters. The highest BCUT2D eigenvalue weighted by molar-refractivity contribution is 5.80. The van der Waals surface area contributed by atoms with Crippen LogP contribution in [0.2, 0.25) is 0 Å². The monoisotopic (exact) mass is 251 g/mol. The second kappa shape index (κ2) is 3.86. The number of hydrogen-bond acceptors (Lipinski definition) is 4. The Morgan fingerprint density at radius 3 is 3.11 bits per heavy atom. The summed E-state index contributed by atoms with van der Waals surface area (Å²) < 4.78 is 24.0. The summed E-state index contributed by atoms with van der Waals surface area (Å²) in [7, 11) is 0. The van der Waals surface area contributed by atoms with Crippen LogP contribution in [0.4, 0.5) is 10.1 Å². The molecule has 2 aliphatic rings. The average Bonchev–Trinajstić information content (AvgIpc) is 3.08. The van der Waals surface area contributed by atoms with Crippen LogP contribution in [0.3, 0.4) is 0 Å². The minimum atomic E-state index is -0.424. The van der Waals surface area contributed by atoms with Crippen molar-refractivity contribution in [2.24, 2.45) is 11.8 Å². The molecule has 1 heterocycles. The maximum atomic E-state index is 13.6. The van der Waals surface area contributed by atoms with Crippen LogP contribution in [-0.2, 0) is 9.53 Å². The largest absolute Gasteiger partial charge is 0.490 e. The van der Waals surface area contributed by atoms with Gasteiger partial charge in [-0.1, -0.05) is 0 Å². The van der Waals surface area contributed by atoms with Crippen LogP contribution in [-0.4, -0.2) is 19.2 Å². The molecule has 0 spiro atoms. The number of fused-ring (bicyclic) bond motifs is 3. The number of esters is 1. The fourth-order valence-corrected chi connectivity index (χ4v) is 2.79. The highest BCUT2D eigenvalue weighted by Crippen LogP contribution is 2.61. The third kappa shape index (κ3) is 1.46. The van der Waals surface area contributed by atoms with Gasteiger partial charge in [-0.25, -0.2) is 4.39 Å². The van der Waals surface area contributed by atoms with Crippen molar-refractivity contribution in [3.05, 3.63) is 23.5 Å². The zero-order chi connectivity index (χ0) is 12.9. The topological polar surface area (TPSA) is 61.5 Å². The normalized spacial score (nSPS) is 27.8. The minimum Gasteiger partial charge on any atom is -0.490 e. The van der Waals surface area contributed by atoms with Crippen LogP contribution in [0.25, 0.3) is 0 Å². The van der Waals surface area contributed by atoms with Crippen LogP contribution in [0.15, 0.2) is 12.1 Å². The van der Waals surface area contributed by atoms with E-state index in [-0.39, 0.29) is 29.5 Å². The Morgan fingerprint density at radius 2 is 2.39 bits per heavy atom. The number of hydrogen-bond donors (Lipinski definition) is 1. The number of nitrogen functional groups attached to an aromatic ring is 1. The number of nitrogens with two attached hydrogens (primary N) is 1. The van der Waals surface area contributed by atoms with E-state index >= 15 is 0 Å². The molecule has 0 bridgehead atoms. The van der Waals surface area contributed by atoms with Gasteiger partial charge in [-0.2, -0.15) is 0 Å². The summed E-state index contributed by atoms with van der Waals surface area (Å²) in [4.78, 5) is 11.8. The standard InChI is InChI=1S/C13H14FNO3/c1-2-17-13(16)10-6-5-18-12-7(14)3-4-8(15)11(12)9(6)10/h3-4,6,9-10H,2,5,15H2,1H3/t6-,9+,10-/m1/s1. The molecular formula is C13H14FNO3. The number of halogens is 1. The van der Waals surface area contributed by atoms with Crippen molar-refractivity contribution in [2.45, 2.75) is 12.8 Å². The van der Waals surface area contributed by atoms with E-state index in [0.29, 0.717) is 24.5 Å². The molecule has 5 heteroatoms. The molecule has 18 heavy (non-hydrogen) atoms. The predicted molar refractivity (Wildman–Crippen MR) is 62.7 cm³/mol. The molecule has 96 valence electrons. The number of carbonyl (C=O) groups is 1. The minimum absolute atomic E-state index is 0.0523. The second-order valence-corrected chi connectivity index (χ2v) is 4.66. The lowest BCUT2D eigenvalue weighted by Gasteiger charge is -2.18. The highest BCUT2D eigenvalue weighted by Gasteiger charge is 2.60. The first-order valence-electron chi connectivity index (χ1n) is 6.02. The van der Waals surface area contributed by atoms with E-state index in [1.54, 1.807) is 6.92 Å². The molecular weight excluding hydrogens is 237 g/mol. The Kier molecular flexibility index (Phi) is 2.43. The predicted octanol–water partition coefficient (Wildman–Crippen LogP) is 1.69. The van der Waals surface area contributed by atoms with Gasteiger partial charge in [0.15, 0.2) is 11.6 Å². The van der Waals surface area contributed by atoms with Gasteiger partial charge < -0.3 is 15.2 Å². The Balaban J connectivity index is 1.95. The smallest absolute Gasteiger partial charge is 0.309 e. The lowest BCUT2D eigenvalue weighted by molar-refractivity contribution is -0.145. The van der Waals surface area contributed by atoms with Gasteiger partial charge in [0.1, 0.15) is 0 Å². The summed E-state index contributed by atoms with van der Waals surface area (Å²) in [5, 5.41) is 0. The molecule has 1 aliphatic heterocycles. The van der Waals surface area contributed by atoms with Gasteiger partial charge in [0, 0.05) is 23.1 Å². The van der Waals surface area contributed by atoms with E-state index in [1.807, 2.05) is 0 Å². The molecule has 1 fully saturated rings. The zero-order valence-corrected chi connectivity index (χ0v) is 9.98. The third-order valence-corrected chi connectivity index (χ3v) is 3.66. The summed E-state index contributed by atoms with van der Waals surface area (Å²) in [6.07, 6.45) is 0. The lowest BCUT2D eigenvalue weighted by atomic mass is 10.0. The molecule has 1 aromatic rings. The Labute approximate surface area is 104 Å². The van der Waals surface area contributed by atoms with Crippen molar-refractivity contribution in [3.63, 3.8) is 0 Å². The van der Waals surface area contributed by atoms with Crippen molar-refractivity contribution >= 4 is 11.7 Å². The second-order valence-electron chi connectivity index (χ2n) is 4.66. The summed E-state index contributed by atoms with van der Waals surface area (Å²) in [5.74, 6) is -0.692. The van der Waals surface area contributed by atoms with E-state index in [1.165, 1.54) is 12.1 Å². The summed E-state index contributed by atoms with van der Waals surface area (Å²) in [6.45, 7) is 2.46. The van der Waals surface area contributed by atoms with Gasteiger partial charge in [-0.05, 0) is 19.1 Å². The first-order valence-corrected chi connectivity index (χ1v) is 6.02. The molecule has 0 amide bonds. The molecule has 0 saturated heterocycles. The SMILES string of the molecule is CCOC(=O)[C@@H]1[C@@H]2COc3c(F)ccc(N)c3[C@@H]21. The maximum absolute atomic E-state index is 13.6. The lowest BCUT2D eigenvalue weighted by Crippen LogP contribution is -2.12. The van der Waals surface area contributed by atoms with Crippen molar-refractivity contribution < 1.29 is 18.7 Å². The maximum Gasteiger partial charge on any atom is 0.309 e. The van der Waals surface area contributed by atoms with Crippen LogP contribution in [0.5, 0.6) is 5.75 Å². The molecule has 1 saturated carbocycles. The van der Waals surface area contributed by atoms with Crippen molar-refractivity contribution in [1.82, 2.24) is 0 Å². The summed E-state index contributed by atoms with van der Waals surface area (Å²) >= 11 is 0. The van der Waals surface area contributed by atoms with E-state index in [9.17, 15) is 9.18 Å². The van der Waals surface area contributed by atoms with E-state index in [4.69, 9.17) is 15.2 Å². The van der Waals surface area contributed by atoms with Crippen LogP contribution in [0, 0.1) is 17.7 Å². The fourth-order valence-electron chi connectivity index (χ4n) is 2.79. The van der Waals surface area contributed by atoms with E-state index in [0.717, 1.165) is 0 Å². The molecule has 0 radical (unpaired) electrons. The highest BCUT2D eigenvalue weighted by atomic mass is 19.1. The number of carbonyl (C=O) groups excluding carboxylic acids is 1. The van der Waals surface area contributed by atoms with E-state index in [2.05, 4.69) is 0 Å². The Morgan fingerprint density at radius 1 is 1.61 bits per heavy atom. The number of rotatable bonds is 2. The molecule has 0 unspecified atom stereocenters. The van der Waals surface area contributed by atoms with Gasteiger partial charge in [0.2, 0.25) is 0 Å². The fraction of sp³-hybridized carbons (Fsp3) is 0.462. The van der Waals surface area contributed by atoms with Crippen molar-refractivity contribution in [1.29, 1.82) is 0 Å². The third-order valence-electron chi connectivity index (χ3n) is 3.66. The molecule has 1 aliphatic carbocycles. The van der Waals surface area contributed by atoms with Gasteiger partial charge in [-0.3, -0.25) is 4.79 Å².